The molecule has 0 aromatic carbocycles. The molecule has 0 aromatic rings. The SMILES string of the molecule is O=CNC1CC(=O)OC1OC1CCCC1. The van der Waals surface area contributed by atoms with E-state index in [0.29, 0.717) is 6.41 Å². The highest BCUT2D eigenvalue weighted by molar-refractivity contribution is 5.73. The molecule has 2 aliphatic rings. The van der Waals surface area contributed by atoms with Crippen LogP contribution in [0.4, 0.5) is 0 Å². The Hall–Kier alpha value is -1.10. The molecule has 2 unspecified atom stereocenters. The van der Waals surface area contributed by atoms with Crippen LogP contribution < -0.4 is 5.32 Å². The lowest BCUT2D eigenvalue weighted by atomic mass is 10.2. The maximum Gasteiger partial charge on any atom is 0.310 e. The standard InChI is InChI=1S/C10H15NO4/c12-6-11-8-5-9(13)15-10(8)14-7-3-1-2-4-7/h6-8,10H,1-5H2,(H,11,12). The Balaban J connectivity index is 1.87. The third-order valence-electron chi connectivity index (χ3n) is 2.87. The molecule has 2 fully saturated rings. The lowest BCUT2D eigenvalue weighted by molar-refractivity contribution is -0.175. The zero-order valence-electron chi connectivity index (χ0n) is 8.48. The Bertz CT molecular complexity index is 250. The molecule has 0 bridgehead atoms. The molecule has 0 radical (unpaired) electrons. The predicted octanol–water partition coefficient (Wildman–Crippen LogP) is 0.333. The van der Waals surface area contributed by atoms with Crippen molar-refractivity contribution >= 4 is 12.4 Å². The van der Waals surface area contributed by atoms with Gasteiger partial charge in [0.05, 0.1) is 12.5 Å². The maximum atomic E-state index is 11.1. The predicted molar refractivity (Wildman–Crippen MR) is 50.8 cm³/mol. The number of ether oxygens (including phenoxy) is 2. The summed E-state index contributed by atoms with van der Waals surface area (Å²) in [7, 11) is 0. The Morgan fingerprint density at radius 1 is 1.40 bits per heavy atom. The largest absolute Gasteiger partial charge is 0.433 e. The molecular formula is C10H15NO4. The first kappa shape index (κ1) is 10.4. The number of rotatable bonds is 4. The fourth-order valence-electron chi connectivity index (χ4n) is 2.10. The summed E-state index contributed by atoms with van der Waals surface area (Å²) in [5, 5.41) is 2.55. The van der Waals surface area contributed by atoms with Crippen LogP contribution in [-0.4, -0.2) is 30.8 Å². The van der Waals surface area contributed by atoms with Crippen LogP contribution in [0, 0.1) is 0 Å². The quantitative estimate of drug-likeness (QED) is 0.540. The van der Waals surface area contributed by atoms with Crippen LogP contribution in [0.25, 0.3) is 0 Å². The minimum atomic E-state index is -0.592. The van der Waals surface area contributed by atoms with E-state index in [9.17, 15) is 9.59 Å². The van der Waals surface area contributed by atoms with Crippen molar-refractivity contribution in [1.82, 2.24) is 5.32 Å². The Morgan fingerprint density at radius 3 is 2.80 bits per heavy atom. The smallest absolute Gasteiger partial charge is 0.310 e. The average Bonchev–Trinajstić information content (AvgIpc) is 2.78. The second-order valence-electron chi connectivity index (χ2n) is 4.00. The van der Waals surface area contributed by atoms with Crippen LogP contribution in [0.3, 0.4) is 0 Å². The van der Waals surface area contributed by atoms with Crippen molar-refractivity contribution in [2.75, 3.05) is 0 Å². The molecule has 0 spiro atoms. The van der Waals surface area contributed by atoms with Gasteiger partial charge in [0.25, 0.3) is 0 Å². The minimum Gasteiger partial charge on any atom is -0.433 e. The molecule has 5 nitrogen and oxygen atoms in total. The van der Waals surface area contributed by atoms with Crippen molar-refractivity contribution in [1.29, 1.82) is 0 Å². The van der Waals surface area contributed by atoms with E-state index in [-0.39, 0.29) is 24.5 Å². The van der Waals surface area contributed by atoms with Gasteiger partial charge in [0.15, 0.2) is 0 Å². The van der Waals surface area contributed by atoms with Gasteiger partial charge in [-0.3, -0.25) is 9.59 Å². The van der Waals surface area contributed by atoms with Crippen molar-refractivity contribution in [3.05, 3.63) is 0 Å². The monoisotopic (exact) mass is 213 g/mol. The van der Waals surface area contributed by atoms with Crippen molar-refractivity contribution in [2.45, 2.75) is 50.5 Å². The molecule has 2 atom stereocenters. The third-order valence-corrected chi connectivity index (χ3v) is 2.87. The van der Waals surface area contributed by atoms with E-state index in [1.54, 1.807) is 0 Å². The topological polar surface area (TPSA) is 64.6 Å². The molecule has 1 heterocycles. The molecule has 1 amide bonds. The van der Waals surface area contributed by atoms with Gasteiger partial charge >= 0.3 is 5.97 Å². The number of hydrogen-bond acceptors (Lipinski definition) is 4. The van der Waals surface area contributed by atoms with E-state index >= 15 is 0 Å². The molecule has 0 aromatic heterocycles. The summed E-state index contributed by atoms with van der Waals surface area (Å²) in [6.07, 6.45) is 4.73. The fraction of sp³-hybridized carbons (Fsp3) is 0.800. The number of carbonyl (C=O) groups excluding carboxylic acids is 2. The summed E-state index contributed by atoms with van der Waals surface area (Å²) in [5.74, 6) is -0.308. The highest BCUT2D eigenvalue weighted by Gasteiger charge is 2.37. The molecule has 2 rings (SSSR count). The number of cyclic esters (lactones) is 1. The zero-order valence-corrected chi connectivity index (χ0v) is 8.48. The summed E-state index contributed by atoms with van der Waals surface area (Å²) in [6, 6.07) is -0.324. The Kier molecular flexibility index (Phi) is 3.20. The minimum absolute atomic E-state index is 0.178. The van der Waals surface area contributed by atoms with Gasteiger partial charge in [-0.2, -0.15) is 0 Å². The Labute approximate surface area is 88.1 Å². The van der Waals surface area contributed by atoms with Gasteiger partial charge in [-0.05, 0) is 12.8 Å². The highest BCUT2D eigenvalue weighted by Crippen LogP contribution is 2.26. The molecule has 1 N–H and O–H groups in total. The van der Waals surface area contributed by atoms with Crippen molar-refractivity contribution < 1.29 is 19.1 Å². The molecule has 1 aliphatic carbocycles. The second kappa shape index (κ2) is 4.61. The van der Waals surface area contributed by atoms with Gasteiger partial charge < -0.3 is 14.8 Å². The number of amides is 1. The number of carbonyl (C=O) groups is 2. The van der Waals surface area contributed by atoms with Crippen molar-refractivity contribution in [2.24, 2.45) is 0 Å². The summed E-state index contributed by atoms with van der Waals surface area (Å²) in [4.78, 5) is 21.4. The van der Waals surface area contributed by atoms with E-state index < -0.39 is 6.29 Å². The molecule has 1 saturated heterocycles. The first-order valence-electron chi connectivity index (χ1n) is 5.34. The summed E-state index contributed by atoms with van der Waals surface area (Å²) in [6.45, 7) is 0. The first-order valence-corrected chi connectivity index (χ1v) is 5.34. The van der Waals surface area contributed by atoms with E-state index in [1.165, 1.54) is 0 Å². The van der Waals surface area contributed by atoms with Gasteiger partial charge in [-0.25, -0.2) is 0 Å². The van der Waals surface area contributed by atoms with Crippen molar-refractivity contribution in [3.63, 3.8) is 0 Å². The van der Waals surface area contributed by atoms with E-state index in [0.717, 1.165) is 25.7 Å². The lowest BCUT2D eigenvalue weighted by Crippen LogP contribution is -2.38. The maximum absolute atomic E-state index is 11.1. The number of nitrogens with one attached hydrogen (secondary N) is 1. The lowest BCUT2D eigenvalue weighted by Gasteiger charge is -2.21. The average molecular weight is 213 g/mol. The van der Waals surface area contributed by atoms with Gasteiger partial charge in [-0.15, -0.1) is 0 Å². The molecule has 5 heteroatoms. The van der Waals surface area contributed by atoms with E-state index in [1.807, 2.05) is 0 Å². The summed E-state index contributed by atoms with van der Waals surface area (Å²) < 4.78 is 10.6. The molecular weight excluding hydrogens is 198 g/mol. The van der Waals surface area contributed by atoms with Crippen LogP contribution >= 0.6 is 0 Å². The van der Waals surface area contributed by atoms with Crippen LogP contribution in [0.15, 0.2) is 0 Å². The summed E-state index contributed by atoms with van der Waals surface area (Å²) >= 11 is 0. The second-order valence-corrected chi connectivity index (χ2v) is 4.00. The van der Waals surface area contributed by atoms with E-state index in [4.69, 9.17) is 9.47 Å². The zero-order chi connectivity index (χ0) is 10.7. The van der Waals surface area contributed by atoms with Crippen molar-refractivity contribution in [3.8, 4) is 0 Å². The van der Waals surface area contributed by atoms with Gasteiger partial charge in [0.1, 0.15) is 6.04 Å². The Morgan fingerprint density at radius 2 is 2.13 bits per heavy atom. The molecule has 84 valence electrons. The van der Waals surface area contributed by atoms with E-state index in [2.05, 4.69) is 5.32 Å². The number of hydrogen-bond donors (Lipinski definition) is 1. The van der Waals surface area contributed by atoms with Gasteiger partial charge in [0.2, 0.25) is 12.7 Å². The van der Waals surface area contributed by atoms with Crippen LogP contribution in [0.5, 0.6) is 0 Å². The molecule has 1 aliphatic heterocycles. The van der Waals surface area contributed by atoms with Crippen LogP contribution in [0.2, 0.25) is 0 Å². The number of esters is 1. The molecule has 1 saturated carbocycles. The van der Waals surface area contributed by atoms with Crippen LogP contribution in [-0.2, 0) is 19.1 Å². The first-order chi connectivity index (χ1) is 7.29. The van der Waals surface area contributed by atoms with Crippen LogP contribution in [0.1, 0.15) is 32.1 Å². The fourth-order valence-corrected chi connectivity index (χ4v) is 2.10. The third kappa shape index (κ3) is 2.47. The molecule has 15 heavy (non-hydrogen) atoms. The van der Waals surface area contributed by atoms with Gasteiger partial charge in [-0.1, -0.05) is 12.8 Å². The highest BCUT2D eigenvalue weighted by atomic mass is 16.7. The summed E-state index contributed by atoms with van der Waals surface area (Å²) in [5.41, 5.74) is 0. The van der Waals surface area contributed by atoms with Gasteiger partial charge in [0, 0.05) is 0 Å². The normalized spacial score (nSPS) is 31.6.